The van der Waals surface area contributed by atoms with Gasteiger partial charge in [0.2, 0.25) is 0 Å². The van der Waals surface area contributed by atoms with Gasteiger partial charge in [-0.25, -0.2) is 4.98 Å². The standard InChI is InChI=1S/C16H14N2/c1-2-4-14(5-3-1)15-8-6-13(7-9-15)12-16-17-10-11-18-16/h1-11H,12H2,(H,17,18). The fourth-order valence-electron chi connectivity index (χ4n) is 2.03. The van der Waals surface area contributed by atoms with E-state index in [1.807, 2.05) is 12.3 Å². The number of hydrogen-bond acceptors (Lipinski definition) is 1. The molecule has 1 heterocycles. The lowest BCUT2D eigenvalue weighted by molar-refractivity contribution is 1.03. The molecule has 1 N–H and O–H groups in total. The van der Waals surface area contributed by atoms with Gasteiger partial charge in [-0.2, -0.15) is 0 Å². The minimum Gasteiger partial charge on any atom is -0.348 e. The molecular weight excluding hydrogens is 220 g/mol. The SMILES string of the molecule is c1ccc(-c2ccc(Cc3ncc[nH]3)cc2)cc1. The molecule has 0 radical (unpaired) electrons. The lowest BCUT2D eigenvalue weighted by atomic mass is 10.0. The Labute approximate surface area is 106 Å². The van der Waals surface area contributed by atoms with Crippen molar-refractivity contribution in [1.29, 1.82) is 0 Å². The quantitative estimate of drug-likeness (QED) is 0.736. The highest BCUT2D eigenvalue weighted by Crippen LogP contribution is 2.19. The summed E-state index contributed by atoms with van der Waals surface area (Å²) in [6.07, 6.45) is 4.49. The molecule has 0 amide bonds. The second-order valence-corrected chi connectivity index (χ2v) is 4.28. The van der Waals surface area contributed by atoms with E-state index in [4.69, 9.17) is 0 Å². The molecule has 0 unspecified atom stereocenters. The fraction of sp³-hybridized carbons (Fsp3) is 0.0625. The lowest BCUT2D eigenvalue weighted by Gasteiger charge is -2.03. The molecule has 2 nitrogen and oxygen atoms in total. The smallest absolute Gasteiger partial charge is 0.110 e. The highest BCUT2D eigenvalue weighted by atomic mass is 14.9. The number of benzene rings is 2. The fourth-order valence-corrected chi connectivity index (χ4v) is 2.03. The lowest BCUT2D eigenvalue weighted by Crippen LogP contribution is -1.90. The van der Waals surface area contributed by atoms with E-state index in [0.717, 1.165) is 12.2 Å². The van der Waals surface area contributed by atoms with Crippen molar-refractivity contribution in [2.45, 2.75) is 6.42 Å². The Hall–Kier alpha value is -2.35. The molecule has 0 aliphatic carbocycles. The molecule has 0 bridgehead atoms. The van der Waals surface area contributed by atoms with Crippen LogP contribution in [-0.2, 0) is 6.42 Å². The van der Waals surface area contributed by atoms with E-state index in [-0.39, 0.29) is 0 Å². The molecule has 0 saturated heterocycles. The zero-order chi connectivity index (χ0) is 12.2. The average molecular weight is 234 g/mol. The number of nitrogens with one attached hydrogen (secondary N) is 1. The number of aromatic nitrogens is 2. The Kier molecular flexibility index (Phi) is 2.92. The molecule has 0 saturated carbocycles. The van der Waals surface area contributed by atoms with Crippen molar-refractivity contribution < 1.29 is 0 Å². The van der Waals surface area contributed by atoms with E-state index in [0.29, 0.717) is 0 Å². The topological polar surface area (TPSA) is 28.7 Å². The summed E-state index contributed by atoms with van der Waals surface area (Å²) in [5.41, 5.74) is 3.77. The molecule has 0 fully saturated rings. The third-order valence-corrected chi connectivity index (χ3v) is 2.99. The molecular formula is C16H14N2. The average Bonchev–Trinajstić information content (AvgIpc) is 2.94. The second-order valence-electron chi connectivity index (χ2n) is 4.28. The summed E-state index contributed by atoms with van der Waals surface area (Å²) < 4.78 is 0. The van der Waals surface area contributed by atoms with Crippen LogP contribution in [0.15, 0.2) is 67.0 Å². The van der Waals surface area contributed by atoms with Crippen LogP contribution in [0, 0.1) is 0 Å². The van der Waals surface area contributed by atoms with Gasteiger partial charge in [0.05, 0.1) is 0 Å². The number of rotatable bonds is 3. The molecule has 0 atom stereocenters. The van der Waals surface area contributed by atoms with Crippen molar-refractivity contribution in [3.63, 3.8) is 0 Å². The maximum Gasteiger partial charge on any atom is 0.110 e. The Morgan fingerprint density at radius 3 is 2.22 bits per heavy atom. The predicted octanol–water partition coefficient (Wildman–Crippen LogP) is 3.67. The number of hydrogen-bond donors (Lipinski definition) is 1. The van der Waals surface area contributed by atoms with Gasteiger partial charge in [-0.3, -0.25) is 0 Å². The summed E-state index contributed by atoms with van der Waals surface area (Å²) >= 11 is 0. The Morgan fingerprint density at radius 1 is 0.833 bits per heavy atom. The van der Waals surface area contributed by atoms with Gasteiger partial charge in [0.15, 0.2) is 0 Å². The summed E-state index contributed by atoms with van der Waals surface area (Å²) in [6.45, 7) is 0. The summed E-state index contributed by atoms with van der Waals surface area (Å²) in [7, 11) is 0. The van der Waals surface area contributed by atoms with Gasteiger partial charge < -0.3 is 4.98 Å². The minimum absolute atomic E-state index is 0.849. The zero-order valence-electron chi connectivity index (χ0n) is 10.0. The van der Waals surface area contributed by atoms with Crippen LogP contribution in [0.5, 0.6) is 0 Å². The molecule has 18 heavy (non-hydrogen) atoms. The van der Waals surface area contributed by atoms with Gasteiger partial charge in [-0.15, -0.1) is 0 Å². The van der Waals surface area contributed by atoms with Gasteiger partial charge in [-0.1, -0.05) is 54.6 Å². The number of nitrogens with zero attached hydrogens (tertiary/aromatic N) is 1. The molecule has 0 spiro atoms. The van der Waals surface area contributed by atoms with Crippen molar-refractivity contribution in [2.24, 2.45) is 0 Å². The number of imidazole rings is 1. The van der Waals surface area contributed by atoms with Crippen LogP contribution in [0.25, 0.3) is 11.1 Å². The number of aromatic amines is 1. The van der Waals surface area contributed by atoms with Crippen LogP contribution in [0.1, 0.15) is 11.4 Å². The van der Waals surface area contributed by atoms with Gasteiger partial charge >= 0.3 is 0 Å². The molecule has 3 rings (SSSR count). The second kappa shape index (κ2) is 4.88. The van der Waals surface area contributed by atoms with E-state index in [9.17, 15) is 0 Å². The van der Waals surface area contributed by atoms with Crippen LogP contribution < -0.4 is 0 Å². The van der Waals surface area contributed by atoms with E-state index in [2.05, 4.69) is 58.5 Å². The Morgan fingerprint density at radius 2 is 1.56 bits per heavy atom. The monoisotopic (exact) mass is 234 g/mol. The van der Waals surface area contributed by atoms with Crippen molar-refractivity contribution in [2.75, 3.05) is 0 Å². The largest absolute Gasteiger partial charge is 0.348 e. The first-order valence-electron chi connectivity index (χ1n) is 6.04. The van der Waals surface area contributed by atoms with Crippen LogP contribution in [0.4, 0.5) is 0 Å². The summed E-state index contributed by atoms with van der Waals surface area (Å²) in [5, 5.41) is 0. The van der Waals surface area contributed by atoms with Crippen LogP contribution in [0.2, 0.25) is 0 Å². The van der Waals surface area contributed by atoms with E-state index in [1.165, 1.54) is 16.7 Å². The first-order chi connectivity index (χ1) is 8.92. The molecule has 3 aromatic rings. The summed E-state index contributed by atoms with van der Waals surface area (Å²) in [6, 6.07) is 19.0. The summed E-state index contributed by atoms with van der Waals surface area (Å²) in [4.78, 5) is 7.36. The van der Waals surface area contributed by atoms with Crippen molar-refractivity contribution in [3.05, 3.63) is 78.4 Å². The predicted molar refractivity (Wildman–Crippen MR) is 73.3 cm³/mol. The highest BCUT2D eigenvalue weighted by molar-refractivity contribution is 5.63. The van der Waals surface area contributed by atoms with Gasteiger partial charge in [0, 0.05) is 18.8 Å². The highest BCUT2D eigenvalue weighted by Gasteiger charge is 2.00. The Balaban J connectivity index is 1.81. The molecule has 88 valence electrons. The maximum absolute atomic E-state index is 4.24. The van der Waals surface area contributed by atoms with E-state index in [1.54, 1.807) is 6.20 Å². The van der Waals surface area contributed by atoms with Crippen molar-refractivity contribution >= 4 is 0 Å². The van der Waals surface area contributed by atoms with E-state index >= 15 is 0 Å². The van der Waals surface area contributed by atoms with Crippen LogP contribution >= 0.6 is 0 Å². The zero-order valence-corrected chi connectivity index (χ0v) is 10.0. The van der Waals surface area contributed by atoms with Gasteiger partial charge in [0.1, 0.15) is 5.82 Å². The molecule has 2 aromatic carbocycles. The van der Waals surface area contributed by atoms with Crippen LogP contribution in [-0.4, -0.2) is 9.97 Å². The maximum atomic E-state index is 4.24. The van der Waals surface area contributed by atoms with E-state index < -0.39 is 0 Å². The first kappa shape index (κ1) is 10.8. The minimum atomic E-state index is 0.849. The van der Waals surface area contributed by atoms with Crippen molar-refractivity contribution in [1.82, 2.24) is 9.97 Å². The molecule has 0 aliphatic heterocycles. The third-order valence-electron chi connectivity index (χ3n) is 2.99. The van der Waals surface area contributed by atoms with Crippen LogP contribution in [0.3, 0.4) is 0 Å². The third kappa shape index (κ3) is 2.33. The summed E-state index contributed by atoms with van der Waals surface area (Å²) in [5.74, 6) is 1.00. The molecule has 2 heteroatoms. The molecule has 0 aliphatic rings. The van der Waals surface area contributed by atoms with Gasteiger partial charge in [0.25, 0.3) is 0 Å². The molecule has 1 aromatic heterocycles. The van der Waals surface area contributed by atoms with Crippen molar-refractivity contribution in [3.8, 4) is 11.1 Å². The normalized spacial score (nSPS) is 10.4. The van der Waals surface area contributed by atoms with Gasteiger partial charge in [-0.05, 0) is 16.7 Å². The first-order valence-corrected chi connectivity index (χ1v) is 6.04. The number of H-pyrrole nitrogens is 1. The Bertz CT molecular complexity index is 595.